The maximum atomic E-state index is 9.34. The van der Waals surface area contributed by atoms with Crippen LogP contribution >= 0.6 is 0 Å². The highest BCUT2D eigenvalue weighted by Crippen LogP contribution is 2.25. The second kappa shape index (κ2) is 5.31. The predicted octanol–water partition coefficient (Wildman–Crippen LogP) is 2.69. The van der Waals surface area contributed by atoms with Crippen molar-refractivity contribution in [3.63, 3.8) is 0 Å². The van der Waals surface area contributed by atoms with E-state index in [-0.39, 0.29) is 11.5 Å². The van der Waals surface area contributed by atoms with E-state index in [4.69, 9.17) is 9.47 Å². The molecule has 0 amide bonds. The number of hydrogen-bond acceptors (Lipinski definition) is 4. The second-order valence-electron chi connectivity index (χ2n) is 3.79. The minimum atomic E-state index is -0.147. The van der Waals surface area contributed by atoms with Gasteiger partial charge in [0, 0.05) is 0 Å². The van der Waals surface area contributed by atoms with Crippen LogP contribution in [0.15, 0.2) is 42.5 Å². The first-order valence-electron chi connectivity index (χ1n) is 5.47. The van der Waals surface area contributed by atoms with Crippen LogP contribution in [0.1, 0.15) is 5.56 Å². The maximum Gasteiger partial charge on any atom is 0.157 e. The zero-order chi connectivity index (χ0) is 13.0. The van der Waals surface area contributed by atoms with Gasteiger partial charge in [0.25, 0.3) is 0 Å². The van der Waals surface area contributed by atoms with Crippen LogP contribution in [0.4, 0.5) is 0 Å². The molecule has 0 aliphatic heterocycles. The van der Waals surface area contributed by atoms with Crippen molar-refractivity contribution in [3.05, 3.63) is 48.0 Å². The normalized spacial score (nSPS) is 10.1. The molecule has 0 saturated heterocycles. The molecule has 2 rings (SSSR count). The largest absolute Gasteiger partial charge is 0.504 e. The van der Waals surface area contributed by atoms with Crippen LogP contribution in [0.3, 0.4) is 0 Å². The number of methoxy groups -OCH3 is 1. The zero-order valence-corrected chi connectivity index (χ0v) is 9.96. The average Bonchev–Trinajstić information content (AvgIpc) is 2.41. The Bertz CT molecular complexity index is 520. The standard InChI is InChI=1S/C14H14O4/c1-17-11-3-5-12(6-4-11)18-9-10-2-7-13(15)14(16)8-10/h2-8,15-16H,9H2,1H3. The summed E-state index contributed by atoms with van der Waals surface area (Å²) in [6.07, 6.45) is 0. The fraction of sp³-hybridized carbons (Fsp3) is 0.143. The highest BCUT2D eigenvalue weighted by molar-refractivity contribution is 5.40. The fourth-order valence-electron chi connectivity index (χ4n) is 1.50. The minimum Gasteiger partial charge on any atom is -0.504 e. The predicted molar refractivity (Wildman–Crippen MR) is 67.1 cm³/mol. The molecule has 0 aromatic heterocycles. The third-order valence-corrected chi connectivity index (χ3v) is 2.50. The Labute approximate surface area is 105 Å². The van der Waals surface area contributed by atoms with Crippen LogP contribution in [0, 0.1) is 0 Å². The molecule has 0 radical (unpaired) electrons. The molecule has 0 heterocycles. The molecule has 0 atom stereocenters. The molecule has 0 spiro atoms. The van der Waals surface area contributed by atoms with E-state index in [1.165, 1.54) is 12.1 Å². The highest BCUT2D eigenvalue weighted by Gasteiger charge is 2.01. The van der Waals surface area contributed by atoms with E-state index in [2.05, 4.69) is 0 Å². The van der Waals surface area contributed by atoms with Crippen molar-refractivity contribution >= 4 is 0 Å². The van der Waals surface area contributed by atoms with Gasteiger partial charge in [0.1, 0.15) is 18.1 Å². The van der Waals surface area contributed by atoms with Crippen molar-refractivity contribution in [1.82, 2.24) is 0 Å². The highest BCUT2D eigenvalue weighted by atomic mass is 16.5. The Morgan fingerprint density at radius 3 is 2.17 bits per heavy atom. The van der Waals surface area contributed by atoms with Crippen molar-refractivity contribution in [2.75, 3.05) is 7.11 Å². The van der Waals surface area contributed by atoms with Crippen molar-refractivity contribution in [1.29, 1.82) is 0 Å². The Kier molecular flexibility index (Phi) is 3.57. The monoisotopic (exact) mass is 246 g/mol. The summed E-state index contributed by atoms with van der Waals surface area (Å²) >= 11 is 0. The lowest BCUT2D eigenvalue weighted by atomic mass is 10.2. The lowest BCUT2D eigenvalue weighted by Gasteiger charge is -2.08. The van der Waals surface area contributed by atoms with Gasteiger partial charge in [0.15, 0.2) is 11.5 Å². The summed E-state index contributed by atoms with van der Waals surface area (Å²) in [4.78, 5) is 0. The molecular formula is C14H14O4. The smallest absolute Gasteiger partial charge is 0.157 e. The van der Waals surface area contributed by atoms with E-state index in [1.807, 2.05) is 12.1 Å². The van der Waals surface area contributed by atoms with Gasteiger partial charge in [-0.3, -0.25) is 0 Å². The Hall–Kier alpha value is -2.36. The van der Waals surface area contributed by atoms with E-state index in [0.717, 1.165) is 11.3 Å². The first-order valence-corrected chi connectivity index (χ1v) is 5.47. The lowest BCUT2D eigenvalue weighted by molar-refractivity contribution is 0.304. The maximum absolute atomic E-state index is 9.34. The van der Waals surface area contributed by atoms with Gasteiger partial charge in [-0.2, -0.15) is 0 Å². The topological polar surface area (TPSA) is 58.9 Å². The molecule has 2 N–H and O–H groups in total. The Morgan fingerprint density at radius 1 is 0.889 bits per heavy atom. The van der Waals surface area contributed by atoms with Crippen molar-refractivity contribution in [3.8, 4) is 23.0 Å². The first-order chi connectivity index (χ1) is 8.69. The van der Waals surface area contributed by atoms with Crippen LogP contribution in [-0.2, 0) is 6.61 Å². The molecule has 0 aliphatic carbocycles. The summed E-state index contributed by atoms with van der Waals surface area (Å²) in [5.74, 6) is 1.20. The number of aromatic hydroxyl groups is 2. The van der Waals surface area contributed by atoms with Crippen LogP contribution in [0.2, 0.25) is 0 Å². The summed E-state index contributed by atoms with van der Waals surface area (Å²) in [6.45, 7) is 0.320. The van der Waals surface area contributed by atoms with Crippen LogP contribution in [-0.4, -0.2) is 17.3 Å². The Balaban J connectivity index is 1.99. The van der Waals surface area contributed by atoms with E-state index in [9.17, 15) is 10.2 Å². The van der Waals surface area contributed by atoms with Gasteiger partial charge in [-0.25, -0.2) is 0 Å². The summed E-state index contributed by atoms with van der Waals surface area (Å²) in [5, 5.41) is 18.5. The molecular weight excluding hydrogens is 232 g/mol. The molecule has 0 bridgehead atoms. The summed E-state index contributed by atoms with van der Waals surface area (Å²) in [7, 11) is 1.61. The van der Waals surface area contributed by atoms with E-state index < -0.39 is 0 Å². The molecule has 4 nitrogen and oxygen atoms in total. The van der Waals surface area contributed by atoms with E-state index in [1.54, 1.807) is 25.3 Å². The van der Waals surface area contributed by atoms with Gasteiger partial charge < -0.3 is 19.7 Å². The van der Waals surface area contributed by atoms with Gasteiger partial charge in [0.05, 0.1) is 7.11 Å². The molecule has 94 valence electrons. The lowest BCUT2D eigenvalue weighted by Crippen LogP contribution is -1.95. The van der Waals surface area contributed by atoms with Crippen molar-refractivity contribution in [2.24, 2.45) is 0 Å². The quantitative estimate of drug-likeness (QED) is 0.814. The van der Waals surface area contributed by atoms with Crippen LogP contribution in [0.25, 0.3) is 0 Å². The molecule has 0 fully saturated rings. The average molecular weight is 246 g/mol. The van der Waals surface area contributed by atoms with Crippen LogP contribution in [0.5, 0.6) is 23.0 Å². The number of ether oxygens (including phenoxy) is 2. The van der Waals surface area contributed by atoms with Crippen molar-refractivity contribution < 1.29 is 19.7 Å². The number of hydrogen-bond donors (Lipinski definition) is 2. The molecule has 4 heteroatoms. The SMILES string of the molecule is COc1ccc(OCc2ccc(O)c(O)c2)cc1. The summed E-state index contributed by atoms with van der Waals surface area (Å²) < 4.78 is 10.6. The van der Waals surface area contributed by atoms with E-state index in [0.29, 0.717) is 12.4 Å². The molecule has 2 aromatic carbocycles. The minimum absolute atomic E-state index is 0.136. The Morgan fingerprint density at radius 2 is 1.56 bits per heavy atom. The first kappa shape index (κ1) is 12.1. The fourth-order valence-corrected chi connectivity index (χ4v) is 1.50. The van der Waals surface area contributed by atoms with Gasteiger partial charge in [0.2, 0.25) is 0 Å². The second-order valence-corrected chi connectivity index (χ2v) is 3.79. The number of benzene rings is 2. The van der Waals surface area contributed by atoms with Gasteiger partial charge in [-0.1, -0.05) is 6.07 Å². The third kappa shape index (κ3) is 2.85. The van der Waals surface area contributed by atoms with Gasteiger partial charge in [-0.15, -0.1) is 0 Å². The van der Waals surface area contributed by atoms with Crippen molar-refractivity contribution in [2.45, 2.75) is 6.61 Å². The van der Waals surface area contributed by atoms with Gasteiger partial charge >= 0.3 is 0 Å². The summed E-state index contributed by atoms with van der Waals surface area (Å²) in [6, 6.07) is 11.8. The summed E-state index contributed by atoms with van der Waals surface area (Å²) in [5.41, 5.74) is 0.779. The number of rotatable bonds is 4. The number of phenols is 2. The number of phenolic OH excluding ortho intramolecular Hbond substituents is 2. The van der Waals surface area contributed by atoms with Gasteiger partial charge in [-0.05, 0) is 42.0 Å². The molecule has 2 aromatic rings. The zero-order valence-electron chi connectivity index (χ0n) is 9.96. The molecule has 18 heavy (non-hydrogen) atoms. The molecule has 0 aliphatic rings. The third-order valence-electron chi connectivity index (χ3n) is 2.50. The molecule has 0 unspecified atom stereocenters. The molecule has 0 saturated carbocycles. The van der Waals surface area contributed by atoms with E-state index >= 15 is 0 Å². The van der Waals surface area contributed by atoms with Crippen LogP contribution < -0.4 is 9.47 Å².